The van der Waals surface area contributed by atoms with Crippen molar-refractivity contribution >= 4 is 21.7 Å². The van der Waals surface area contributed by atoms with Crippen molar-refractivity contribution in [1.82, 2.24) is 4.98 Å². The van der Waals surface area contributed by atoms with Crippen molar-refractivity contribution in [3.63, 3.8) is 0 Å². The lowest BCUT2D eigenvalue weighted by molar-refractivity contribution is 1.26. The average molecular weight is 203 g/mol. The lowest BCUT2D eigenvalue weighted by Crippen LogP contribution is -1.91. The maximum atomic E-state index is 5.46. The average Bonchev–Trinajstić information content (AvgIpc) is 1.80. The molecule has 0 aromatic carbocycles. The smallest absolute Gasteiger partial charge is 0.126 e. The highest BCUT2D eigenvalue weighted by Crippen LogP contribution is 2.13. The molecular weight excluding hydrogens is 192 g/mol. The number of halogens is 1. The molecule has 0 atom stereocenters. The summed E-state index contributed by atoms with van der Waals surface area (Å²) < 4.78 is 0.967. The SMILES string of the molecule is C.Cc1cc(Br)cnc1N. The molecule has 56 valence electrons. The van der Waals surface area contributed by atoms with Crippen LogP contribution in [0.25, 0.3) is 0 Å². The summed E-state index contributed by atoms with van der Waals surface area (Å²) in [7, 11) is 0. The number of aryl methyl sites for hydroxylation is 1. The van der Waals surface area contributed by atoms with Crippen molar-refractivity contribution in [2.75, 3.05) is 5.73 Å². The van der Waals surface area contributed by atoms with Crippen LogP contribution in [0.1, 0.15) is 13.0 Å². The minimum absolute atomic E-state index is 0. The zero-order chi connectivity index (χ0) is 6.85. The minimum atomic E-state index is 0. The van der Waals surface area contributed by atoms with Crippen molar-refractivity contribution < 1.29 is 0 Å². The summed E-state index contributed by atoms with van der Waals surface area (Å²) in [5, 5.41) is 0. The molecule has 0 unspecified atom stereocenters. The zero-order valence-electron chi connectivity index (χ0n) is 5.06. The molecule has 0 spiro atoms. The fourth-order valence-electron chi connectivity index (χ4n) is 0.551. The Labute approximate surface area is 69.6 Å². The van der Waals surface area contributed by atoms with E-state index in [1.807, 2.05) is 13.0 Å². The van der Waals surface area contributed by atoms with Gasteiger partial charge < -0.3 is 5.73 Å². The van der Waals surface area contributed by atoms with E-state index in [-0.39, 0.29) is 7.43 Å². The first-order valence-electron chi connectivity index (χ1n) is 2.58. The van der Waals surface area contributed by atoms with Crippen molar-refractivity contribution in [2.45, 2.75) is 14.4 Å². The molecule has 1 aromatic heterocycles. The lowest BCUT2D eigenvalue weighted by Gasteiger charge is -1.96. The van der Waals surface area contributed by atoms with Crippen molar-refractivity contribution in [2.24, 2.45) is 0 Å². The molecule has 0 saturated carbocycles. The van der Waals surface area contributed by atoms with Crippen molar-refractivity contribution in [1.29, 1.82) is 0 Å². The van der Waals surface area contributed by atoms with E-state index >= 15 is 0 Å². The van der Waals surface area contributed by atoms with Crippen LogP contribution in [-0.2, 0) is 0 Å². The number of nitrogens with zero attached hydrogens (tertiary/aromatic N) is 1. The minimum Gasteiger partial charge on any atom is -0.383 e. The van der Waals surface area contributed by atoms with Gasteiger partial charge in [-0.2, -0.15) is 0 Å². The van der Waals surface area contributed by atoms with Gasteiger partial charge in [0.05, 0.1) is 0 Å². The van der Waals surface area contributed by atoms with Crippen molar-refractivity contribution in [3.05, 3.63) is 22.3 Å². The maximum Gasteiger partial charge on any atom is 0.126 e. The van der Waals surface area contributed by atoms with Crippen LogP contribution in [0, 0.1) is 6.92 Å². The van der Waals surface area contributed by atoms with Crippen LogP contribution in [-0.4, -0.2) is 4.98 Å². The summed E-state index contributed by atoms with van der Waals surface area (Å²) >= 11 is 3.28. The molecule has 2 N–H and O–H groups in total. The molecule has 0 bridgehead atoms. The second-order valence-electron chi connectivity index (χ2n) is 1.86. The summed E-state index contributed by atoms with van der Waals surface area (Å²) in [6.07, 6.45) is 1.68. The Morgan fingerprint density at radius 1 is 1.60 bits per heavy atom. The van der Waals surface area contributed by atoms with Crippen LogP contribution in [0.4, 0.5) is 5.82 Å². The third kappa shape index (κ3) is 1.99. The molecular formula is C7H11BrN2. The summed E-state index contributed by atoms with van der Waals surface area (Å²) in [5.74, 6) is 0.596. The molecule has 1 heterocycles. The van der Waals surface area contributed by atoms with E-state index < -0.39 is 0 Å². The first kappa shape index (κ1) is 9.43. The number of hydrogen-bond donors (Lipinski definition) is 1. The molecule has 3 heteroatoms. The van der Waals surface area contributed by atoms with E-state index in [0.717, 1.165) is 10.0 Å². The Hall–Kier alpha value is -0.570. The largest absolute Gasteiger partial charge is 0.383 e. The van der Waals surface area contributed by atoms with Gasteiger partial charge in [-0.1, -0.05) is 7.43 Å². The number of nitrogens with two attached hydrogens (primary N) is 1. The van der Waals surface area contributed by atoms with Gasteiger partial charge in [-0.25, -0.2) is 4.98 Å². The first-order chi connectivity index (χ1) is 4.20. The van der Waals surface area contributed by atoms with E-state index in [1.165, 1.54) is 0 Å². The second-order valence-corrected chi connectivity index (χ2v) is 2.77. The normalized spacial score (nSPS) is 8.60. The molecule has 0 fully saturated rings. The first-order valence-corrected chi connectivity index (χ1v) is 3.37. The van der Waals surface area contributed by atoms with Gasteiger partial charge in [0, 0.05) is 10.7 Å². The van der Waals surface area contributed by atoms with Gasteiger partial charge in [-0.15, -0.1) is 0 Å². The van der Waals surface area contributed by atoms with Gasteiger partial charge in [0.15, 0.2) is 0 Å². The van der Waals surface area contributed by atoms with Crippen LogP contribution >= 0.6 is 15.9 Å². The summed E-state index contributed by atoms with van der Waals surface area (Å²) in [5.41, 5.74) is 6.46. The Bertz CT molecular complexity index is 223. The van der Waals surface area contributed by atoms with Crippen LogP contribution in [0.2, 0.25) is 0 Å². The Morgan fingerprint density at radius 3 is 2.60 bits per heavy atom. The van der Waals surface area contributed by atoms with Crippen LogP contribution in [0.15, 0.2) is 16.7 Å². The lowest BCUT2D eigenvalue weighted by atomic mass is 10.3. The maximum absolute atomic E-state index is 5.46. The molecule has 0 aliphatic carbocycles. The zero-order valence-corrected chi connectivity index (χ0v) is 6.64. The van der Waals surface area contributed by atoms with E-state index in [1.54, 1.807) is 6.20 Å². The predicted octanol–water partition coefficient (Wildman–Crippen LogP) is 2.37. The van der Waals surface area contributed by atoms with E-state index in [0.29, 0.717) is 5.82 Å². The molecule has 2 nitrogen and oxygen atoms in total. The van der Waals surface area contributed by atoms with E-state index in [4.69, 9.17) is 5.73 Å². The van der Waals surface area contributed by atoms with Crippen molar-refractivity contribution in [3.8, 4) is 0 Å². The molecule has 0 saturated heterocycles. The second kappa shape index (κ2) is 3.56. The van der Waals surface area contributed by atoms with Gasteiger partial charge >= 0.3 is 0 Å². The highest BCUT2D eigenvalue weighted by atomic mass is 79.9. The van der Waals surface area contributed by atoms with Gasteiger partial charge in [-0.05, 0) is 34.5 Å². The molecule has 0 radical (unpaired) electrons. The number of hydrogen-bond acceptors (Lipinski definition) is 2. The van der Waals surface area contributed by atoms with Gasteiger partial charge in [0.25, 0.3) is 0 Å². The van der Waals surface area contributed by atoms with E-state index in [2.05, 4.69) is 20.9 Å². The quantitative estimate of drug-likeness (QED) is 0.702. The molecule has 0 aliphatic rings. The number of pyridine rings is 1. The number of anilines is 1. The number of rotatable bonds is 0. The topological polar surface area (TPSA) is 38.9 Å². The van der Waals surface area contributed by atoms with Crippen LogP contribution in [0.5, 0.6) is 0 Å². The van der Waals surface area contributed by atoms with Crippen LogP contribution < -0.4 is 5.73 Å². The van der Waals surface area contributed by atoms with E-state index in [9.17, 15) is 0 Å². The highest BCUT2D eigenvalue weighted by Gasteiger charge is 1.92. The van der Waals surface area contributed by atoms with Gasteiger partial charge in [0.1, 0.15) is 5.82 Å². The van der Waals surface area contributed by atoms with Crippen LogP contribution in [0.3, 0.4) is 0 Å². The third-order valence-corrected chi connectivity index (χ3v) is 1.52. The third-order valence-electron chi connectivity index (χ3n) is 1.09. The Balaban J connectivity index is 0.000000810. The predicted molar refractivity (Wildman–Crippen MR) is 47.8 cm³/mol. The van der Waals surface area contributed by atoms with Gasteiger partial charge in [0.2, 0.25) is 0 Å². The van der Waals surface area contributed by atoms with Gasteiger partial charge in [-0.3, -0.25) is 0 Å². The number of aromatic nitrogens is 1. The molecule has 0 amide bonds. The fourth-order valence-corrected chi connectivity index (χ4v) is 0.997. The molecule has 10 heavy (non-hydrogen) atoms. The highest BCUT2D eigenvalue weighted by molar-refractivity contribution is 9.10. The standard InChI is InChI=1S/C6H7BrN2.CH4/c1-4-2-5(7)3-9-6(4)8;/h2-3H,1H3,(H2,8,9);1H4. The molecule has 0 aliphatic heterocycles. The summed E-state index contributed by atoms with van der Waals surface area (Å²) in [6, 6.07) is 1.93. The fraction of sp³-hybridized carbons (Fsp3) is 0.286. The molecule has 1 aromatic rings. The summed E-state index contributed by atoms with van der Waals surface area (Å²) in [6.45, 7) is 1.92. The number of nitrogen functional groups attached to an aromatic ring is 1. The summed E-state index contributed by atoms with van der Waals surface area (Å²) in [4.78, 5) is 3.91. The monoisotopic (exact) mass is 202 g/mol. The Morgan fingerprint density at radius 2 is 2.20 bits per heavy atom. The molecule has 1 rings (SSSR count). The Kier molecular flexibility index (Phi) is 3.36.